The number of methoxy groups -OCH3 is 1. The average molecular weight is 180 g/mol. The van der Waals surface area contributed by atoms with Gasteiger partial charge in [-0.1, -0.05) is 18.2 Å². The Balaban J connectivity index is 2.84. The largest absolute Gasteiger partial charge is 0.386 e. The molecule has 0 aromatic heterocycles. The second-order valence-corrected chi connectivity index (χ2v) is 3.31. The van der Waals surface area contributed by atoms with Gasteiger partial charge in [-0.15, -0.1) is 0 Å². The fraction of sp³-hybridized carbons (Fsp3) is 0.455. The maximum atomic E-state index is 9.61. The van der Waals surface area contributed by atoms with Crippen molar-refractivity contribution in [2.45, 2.75) is 20.0 Å². The highest BCUT2D eigenvalue weighted by molar-refractivity contribution is 5.31. The highest BCUT2D eigenvalue weighted by atomic mass is 16.5. The Bertz CT molecular complexity index is 281. The zero-order valence-corrected chi connectivity index (χ0v) is 8.37. The molecule has 0 bridgehead atoms. The molecule has 0 aliphatic rings. The molecule has 0 fully saturated rings. The third-order valence-corrected chi connectivity index (χ3v) is 2.24. The van der Waals surface area contributed by atoms with Crippen molar-refractivity contribution in [3.8, 4) is 0 Å². The van der Waals surface area contributed by atoms with Gasteiger partial charge >= 0.3 is 0 Å². The summed E-state index contributed by atoms with van der Waals surface area (Å²) in [7, 11) is 1.59. The summed E-state index contributed by atoms with van der Waals surface area (Å²) in [4.78, 5) is 0. The molecular weight excluding hydrogens is 164 g/mol. The molecule has 0 aliphatic carbocycles. The zero-order chi connectivity index (χ0) is 9.84. The van der Waals surface area contributed by atoms with Crippen LogP contribution in [0.4, 0.5) is 0 Å². The summed E-state index contributed by atoms with van der Waals surface area (Å²) in [5.74, 6) is 0. The van der Waals surface area contributed by atoms with Crippen LogP contribution in [0, 0.1) is 13.8 Å². The Labute approximate surface area is 79.2 Å². The van der Waals surface area contributed by atoms with E-state index in [-0.39, 0.29) is 0 Å². The predicted octanol–water partition coefficient (Wildman–Crippen LogP) is 1.98. The van der Waals surface area contributed by atoms with Gasteiger partial charge in [0.2, 0.25) is 0 Å². The predicted molar refractivity (Wildman–Crippen MR) is 52.8 cm³/mol. The molecule has 0 saturated heterocycles. The zero-order valence-electron chi connectivity index (χ0n) is 8.37. The maximum absolute atomic E-state index is 9.61. The Hall–Kier alpha value is -0.860. The molecule has 1 aromatic rings. The van der Waals surface area contributed by atoms with Gasteiger partial charge in [0, 0.05) is 7.11 Å². The van der Waals surface area contributed by atoms with Gasteiger partial charge in [0.1, 0.15) is 6.10 Å². The van der Waals surface area contributed by atoms with Gasteiger partial charge < -0.3 is 9.84 Å². The van der Waals surface area contributed by atoms with Crippen molar-refractivity contribution >= 4 is 0 Å². The first kappa shape index (κ1) is 10.2. The average Bonchev–Trinajstić information content (AvgIpc) is 2.10. The van der Waals surface area contributed by atoms with Gasteiger partial charge in [0.15, 0.2) is 0 Å². The van der Waals surface area contributed by atoms with Crippen LogP contribution < -0.4 is 0 Å². The van der Waals surface area contributed by atoms with Crippen LogP contribution in [0.25, 0.3) is 0 Å². The van der Waals surface area contributed by atoms with Gasteiger partial charge in [0.05, 0.1) is 6.61 Å². The lowest BCUT2D eigenvalue weighted by Gasteiger charge is -2.11. The van der Waals surface area contributed by atoms with E-state index in [2.05, 4.69) is 6.92 Å². The van der Waals surface area contributed by atoms with Crippen molar-refractivity contribution in [3.05, 3.63) is 34.9 Å². The van der Waals surface area contributed by atoms with E-state index < -0.39 is 6.10 Å². The molecule has 1 rings (SSSR count). The van der Waals surface area contributed by atoms with E-state index in [1.807, 2.05) is 25.1 Å². The Morgan fingerprint density at radius 2 is 2.00 bits per heavy atom. The standard InChI is InChI=1S/C11H16O2/c1-8-4-5-10(6-9(8)2)11(12)7-13-3/h4-6,11-12H,7H2,1-3H3. The summed E-state index contributed by atoms with van der Waals surface area (Å²) in [5.41, 5.74) is 3.37. The topological polar surface area (TPSA) is 29.5 Å². The van der Waals surface area contributed by atoms with E-state index in [1.54, 1.807) is 7.11 Å². The van der Waals surface area contributed by atoms with Crippen molar-refractivity contribution in [1.29, 1.82) is 0 Å². The van der Waals surface area contributed by atoms with Gasteiger partial charge in [-0.3, -0.25) is 0 Å². The SMILES string of the molecule is COCC(O)c1ccc(C)c(C)c1. The molecular formula is C11H16O2. The Morgan fingerprint density at radius 1 is 1.31 bits per heavy atom. The molecule has 2 nitrogen and oxygen atoms in total. The molecule has 0 spiro atoms. The molecule has 0 amide bonds. The molecule has 1 unspecified atom stereocenters. The summed E-state index contributed by atoms with van der Waals surface area (Å²) in [5, 5.41) is 9.61. The maximum Gasteiger partial charge on any atom is 0.102 e. The fourth-order valence-electron chi connectivity index (χ4n) is 1.23. The second-order valence-electron chi connectivity index (χ2n) is 3.31. The summed E-state index contributed by atoms with van der Waals surface area (Å²) in [6, 6.07) is 5.95. The lowest BCUT2D eigenvalue weighted by atomic mass is 10.0. The minimum absolute atomic E-state index is 0.350. The van der Waals surface area contributed by atoms with E-state index in [1.165, 1.54) is 11.1 Å². The van der Waals surface area contributed by atoms with Crippen LogP contribution in [0.2, 0.25) is 0 Å². The number of hydrogen-bond donors (Lipinski definition) is 1. The van der Waals surface area contributed by atoms with Crippen LogP contribution >= 0.6 is 0 Å². The second kappa shape index (κ2) is 4.40. The number of aliphatic hydroxyl groups excluding tert-OH is 1. The summed E-state index contributed by atoms with van der Waals surface area (Å²) in [6.07, 6.45) is -0.510. The quantitative estimate of drug-likeness (QED) is 0.770. The van der Waals surface area contributed by atoms with E-state index in [0.29, 0.717) is 6.61 Å². The smallest absolute Gasteiger partial charge is 0.102 e. The number of hydrogen-bond acceptors (Lipinski definition) is 2. The van der Waals surface area contributed by atoms with Gasteiger partial charge in [-0.25, -0.2) is 0 Å². The minimum Gasteiger partial charge on any atom is -0.386 e. The van der Waals surface area contributed by atoms with Crippen molar-refractivity contribution in [1.82, 2.24) is 0 Å². The van der Waals surface area contributed by atoms with Gasteiger partial charge in [-0.05, 0) is 30.5 Å². The molecule has 1 N–H and O–H groups in total. The first-order chi connectivity index (χ1) is 6.15. The highest BCUT2D eigenvalue weighted by Gasteiger charge is 2.06. The molecule has 72 valence electrons. The molecule has 13 heavy (non-hydrogen) atoms. The highest BCUT2D eigenvalue weighted by Crippen LogP contribution is 2.16. The first-order valence-electron chi connectivity index (χ1n) is 4.39. The van der Waals surface area contributed by atoms with Crippen molar-refractivity contribution in [2.75, 3.05) is 13.7 Å². The number of aryl methyl sites for hydroxylation is 2. The van der Waals surface area contributed by atoms with Crippen LogP contribution in [-0.2, 0) is 4.74 Å². The number of ether oxygens (including phenoxy) is 1. The number of rotatable bonds is 3. The van der Waals surface area contributed by atoms with Crippen molar-refractivity contribution in [3.63, 3.8) is 0 Å². The molecule has 0 radical (unpaired) electrons. The minimum atomic E-state index is -0.510. The summed E-state index contributed by atoms with van der Waals surface area (Å²) >= 11 is 0. The van der Waals surface area contributed by atoms with E-state index >= 15 is 0 Å². The van der Waals surface area contributed by atoms with Crippen LogP contribution in [-0.4, -0.2) is 18.8 Å². The molecule has 0 saturated carbocycles. The van der Waals surface area contributed by atoms with Crippen LogP contribution in [0.3, 0.4) is 0 Å². The number of aliphatic hydroxyl groups is 1. The molecule has 1 aromatic carbocycles. The lowest BCUT2D eigenvalue weighted by molar-refractivity contribution is 0.0643. The van der Waals surface area contributed by atoms with Gasteiger partial charge in [-0.2, -0.15) is 0 Å². The molecule has 0 heterocycles. The normalized spacial score (nSPS) is 12.9. The van der Waals surface area contributed by atoms with E-state index in [4.69, 9.17) is 4.74 Å². The van der Waals surface area contributed by atoms with Crippen molar-refractivity contribution < 1.29 is 9.84 Å². The summed E-state index contributed by atoms with van der Waals surface area (Å²) < 4.78 is 4.88. The third-order valence-electron chi connectivity index (χ3n) is 2.24. The van der Waals surface area contributed by atoms with E-state index in [0.717, 1.165) is 5.56 Å². The number of benzene rings is 1. The van der Waals surface area contributed by atoms with E-state index in [9.17, 15) is 5.11 Å². The Morgan fingerprint density at radius 3 is 2.54 bits per heavy atom. The fourth-order valence-corrected chi connectivity index (χ4v) is 1.23. The monoisotopic (exact) mass is 180 g/mol. The summed E-state index contributed by atoms with van der Waals surface area (Å²) in [6.45, 7) is 4.45. The van der Waals surface area contributed by atoms with Gasteiger partial charge in [0.25, 0.3) is 0 Å². The van der Waals surface area contributed by atoms with Crippen LogP contribution in [0.1, 0.15) is 22.8 Å². The van der Waals surface area contributed by atoms with Crippen LogP contribution in [0.15, 0.2) is 18.2 Å². The third kappa shape index (κ3) is 2.54. The Kier molecular flexibility index (Phi) is 3.46. The molecule has 2 heteroatoms. The molecule has 0 aliphatic heterocycles. The lowest BCUT2D eigenvalue weighted by Crippen LogP contribution is -2.05. The van der Waals surface area contributed by atoms with Crippen molar-refractivity contribution in [2.24, 2.45) is 0 Å². The van der Waals surface area contributed by atoms with Crippen LogP contribution in [0.5, 0.6) is 0 Å². The molecule has 1 atom stereocenters. The first-order valence-corrected chi connectivity index (χ1v) is 4.39.